The van der Waals surface area contributed by atoms with Crippen LogP contribution in [0.25, 0.3) is 5.57 Å². The number of ether oxygens (including phenoxy) is 2. The molecule has 0 spiro atoms. The van der Waals surface area contributed by atoms with Gasteiger partial charge in [0.15, 0.2) is 0 Å². The van der Waals surface area contributed by atoms with E-state index in [0.29, 0.717) is 35.0 Å². The highest BCUT2D eigenvalue weighted by Crippen LogP contribution is 2.38. The van der Waals surface area contributed by atoms with Crippen molar-refractivity contribution in [3.8, 4) is 11.5 Å². The monoisotopic (exact) mass is 457 g/mol. The third kappa shape index (κ3) is 4.32. The molecule has 0 fully saturated rings. The van der Waals surface area contributed by atoms with Gasteiger partial charge in [-0.25, -0.2) is 4.90 Å². The predicted octanol–water partition coefficient (Wildman–Crippen LogP) is 4.56. The molecule has 0 saturated heterocycles. The maximum Gasteiger partial charge on any atom is 0.282 e. The highest BCUT2D eigenvalue weighted by molar-refractivity contribution is 6.46. The first-order valence-corrected chi connectivity index (χ1v) is 11.0. The van der Waals surface area contributed by atoms with Crippen LogP contribution in [0, 0.1) is 0 Å². The molecule has 4 rings (SSSR count). The minimum Gasteiger partial charge on any atom is -0.496 e. The molecule has 7 nitrogen and oxygen atoms in total. The van der Waals surface area contributed by atoms with Gasteiger partial charge in [0.05, 0.1) is 25.0 Å². The average Bonchev–Trinajstić information content (AvgIpc) is 3.08. The number of anilines is 3. The summed E-state index contributed by atoms with van der Waals surface area (Å²) >= 11 is 0. The van der Waals surface area contributed by atoms with Crippen molar-refractivity contribution in [2.45, 2.75) is 6.92 Å². The highest BCUT2D eigenvalue weighted by Gasteiger charge is 2.41. The van der Waals surface area contributed by atoms with Crippen LogP contribution in [-0.2, 0) is 9.59 Å². The van der Waals surface area contributed by atoms with Gasteiger partial charge in [-0.3, -0.25) is 9.59 Å². The number of carbonyl (C=O) groups excluding carboxylic acids is 2. The van der Waals surface area contributed by atoms with Gasteiger partial charge in [0, 0.05) is 37.1 Å². The molecule has 0 aromatic heterocycles. The van der Waals surface area contributed by atoms with E-state index in [1.165, 1.54) is 12.0 Å². The largest absolute Gasteiger partial charge is 0.496 e. The Balaban J connectivity index is 1.80. The maximum absolute atomic E-state index is 13.7. The number of carbonyl (C=O) groups is 2. The van der Waals surface area contributed by atoms with Crippen molar-refractivity contribution in [3.05, 3.63) is 84.1 Å². The molecule has 1 N–H and O–H groups in total. The van der Waals surface area contributed by atoms with E-state index in [1.807, 2.05) is 62.3 Å². The van der Waals surface area contributed by atoms with Gasteiger partial charge in [0.25, 0.3) is 11.8 Å². The molecule has 0 aliphatic carbocycles. The molecule has 1 aliphatic heterocycles. The number of hydrogen-bond acceptors (Lipinski definition) is 6. The smallest absolute Gasteiger partial charge is 0.282 e. The normalized spacial score (nSPS) is 13.4. The van der Waals surface area contributed by atoms with Crippen molar-refractivity contribution in [1.82, 2.24) is 0 Å². The first-order chi connectivity index (χ1) is 16.4. The molecule has 0 radical (unpaired) electrons. The van der Waals surface area contributed by atoms with E-state index in [1.54, 1.807) is 36.4 Å². The lowest BCUT2D eigenvalue weighted by Gasteiger charge is -2.17. The van der Waals surface area contributed by atoms with E-state index in [9.17, 15) is 9.59 Å². The molecule has 0 atom stereocenters. The van der Waals surface area contributed by atoms with Crippen molar-refractivity contribution in [1.29, 1.82) is 0 Å². The van der Waals surface area contributed by atoms with Gasteiger partial charge >= 0.3 is 0 Å². The lowest BCUT2D eigenvalue weighted by molar-refractivity contribution is -0.120. The van der Waals surface area contributed by atoms with Gasteiger partial charge < -0.3 is 19.7 Å². The van der Waals surface area contributed by atoms with Crippen LogP contribution in [0.1, 0.15) is 12.5 Å². The second-order valence-electron chi connectivity index (χ2n) is 7.89. The molecule has 0 bridgehead atoms. The summed E-state index contributed by atoms with van der Waals surface area (Å²) < 4.78 is 11.1. The Morgan fingerprint density at radius 3 is 2.32 bits per heavy atom. The fourth-order valence-corrected chi connectivity index (χ4v) is 3.85. The summed E-state index contributed by atoms with van der Waals surface area (Å²) in [6, 6.07) is 21.8. The van der Waals surface area contributed by atoms with Gasteiger partial charge in [0.2, 0.25) is 0 Å². The number of benzene rings is 3. The van der Waals surface area contributed by atoms with Crippen LogP contribution in [0.2, 0.25) is 0 Å². The number of para-hydroxylation sites is 1. The first-order valence-electron chi connectivity index (χ1n) is 11.0. The molecule has 34 heavy (non-hydrogen) atoms. The summed E-state index contributed by atoms with van der Waals surface area (Å²) in [5.74, 6) is 0.206. The first kappa shape index (κ1) is 22.9. The zero-order valence-corrected chi connectivity index (χ0v) is 19.7. The lowest BCUT2D eigenvalue weighted by Crippen LogP contribution is -2.32. The van der Waals surface area contributed by atoms with Crippen molar-refractivity contribution >= 4 is 34.4 Å². The van der Waals surface area contributed by atoms with Gasteiger partial charge in [-0.1, -0.05) is 24.3 Å². The van der Waals surface area contributed by atoms with E-state index < -0.39 is 11.8 Å². The maximum atomic E-state index is 13.7. The third-order valence-corrected chi connectivity index (χ3v) is 5.50. The number of amides is 2. The van der Waals surface area contributed by atoms with Crippen molar-refractivity contribution in [2.75, 3.05) is 42.9 Å². The fourth-order valence-electron chi connectivity index (χ4n) is 3.85. The van der Waals surface area contributed by atoms with Crippen LogP contribution >= 0.6 is 0 Å². The molecule has 1 aliphatic rings. The SMILES string of the molecule is CCOc1cccc(N2C(=O)C(Nc3ccc(N(C)C)cc3)=C(c3ccccc3OC)C2=O)c1. The molecule has 1 heterocycles. The standard InChI is InChI=1S/C27H27N3O4/c1-5-34-21-10-8-9-20(17-21)30-26(31)24(22-11-6-7-12-23(22)33-4)25(27(30)32)28-18-13-15-19(16-14-18)29(2)3/h6-17,28H,5H2,1-4H3. The summed E-state index contributed by atoms with van der Waals surface area (Å²) in [6.07, 6.45) is 0. The molecule has 3 aromatic rings. The topological polar surface area (TPSA) is 71.1 Å². The fraction of sp³-hybridized carbons (Fsp3) is 0.185. The highest BCUT2D eigenvalue weighted by atomic mass is 16.5. The predicted molar refractivity (Wildman–Crippen MR) is 134 cm³/mol. The Hall–Kier alpha value is -4.26. The molecule has 2 amide bonds. The zero-order valence-electron chi connectivity index (χ0n) is 19.7. The van der Waals surface area contributed by atoms with Crippen molar-refractivity contribution < 1.29 is 19.1 Å². The molecule has 3 aromatic carbocycles. The van der Waals surface area contributed by atoms with Gasteiger partial charge in [0.1, 0.15) is 17.2 Å². The summed E-state index contributed by atoms with van der Waals surface area (Å²) in [6.45, 7) is 2.36. The molecular formula is C27H27N3O4. The summed E-state index contributed by atoms with van der Waals surface area (Å²) in [4.78, 5) is 30.5. The third-order valence-electron chi connectivity index (χ3n) is 5.50. The molecule has 0 unspecified atom stereocenters. The molecule has 0 saturated carbocycles. The van der Waals surface area contributed by atoms with Gasteiger partial charge in [-0.15, -0.1) is 0 Å². The van der Waals surface area contributed by atoms with Gasteiger partial charge in [-0.05, 0) is 49.4 Å². The van der Waals surface area contributed by atoms with Crippen molar-refractivity contribution in [3.63, 3.8) is 0 Å². The van der Waals surface area contributed by atoms with Crippen LogP contribution < -0.4 is 24.6 Å². The minimum absolute atomic E-state index is 0.189. The van der Waals surface area contributed by atoms with Crippen LogP contribution in [-0.4, -0.2) is 39.6 Å². The lowest BCUT2D eigenvalue weighted by atomic mass is 10.0. The molecule has 7 heteroatoms. The van der Waals surface area contributed by atoms with Crippen LogP contribution in [0.15, 0.2) is 78.5 Å². The summed E-state index contributed by atoms with van der Waals surface area (Å²) in [7, 11) is 5.45. The molecular weight excluding hydrogens is 430 g/mol. The summed E-state index contributed by atoms with van der Waals surface area (Å²) in [5, 5.41) is 3.19. The second-order valence-corrected chi connectivity index (χ2v) is 7.89. The molecule has 174 valence electrons. The van der Waals surface area contributed by atoms with Crippen LogP contribution in [0.3, 0.4) is 0 Å². The van der Waals surface area contributed by atoms with Gasteiger partial charge in [-0.2, -0.15) is 0 Å². The Kier molecular flexibility index (Phi) is 6.54. The Bertz CT molecular complexity index is 1250. The van der Waals surface area contributed by atoms with E-state index in [4.69, 9.17) is 9.47 Å². The minimum atomic E-state index is -0.448. The Morgan fingerprint density at radius 1 is 0.912 bits per heavy atom. The average molecular weight is 458 g/mol. The quantitative estimate of drug-likeness (QED) is 0.500. The second kappa shape index (κ2) is 9.70. The Labute approximate surface area is 199 Å². The number of nitrogens with zero attached hydrogens (tertiary/aromatic N) is 2. The van der Waals surface area contributed by atoms with E-state index in [0.717, 1.165) is 5.69 Å². The number of hydrogen-bond donors (Lipinski definition) is 1. The van der Waals surface area contributed by atoms with E-state index in [2.05, 4.69) is 5.32 Å². The van der Waals surface area contributed by atoms with Crippen LogP contribution in [0.4, 0.5) is 17.1 Å². The number of methoxy groups -OCH3 is 1. The number of imide groups is 1. The zero-order chi connectivity index (χ0) is 24.2. The van der Waals surface area contributed by atoms with Crippen LogP contribution in [0.5, 0.6) is 11.5 Å². The van der Waals surface area contributed by atoms with E-state index >= 15 is 0 Å². The number of rotatable bonds is 8. The summed E-state index contributed by atoms with van der Waals surface area (Å²) in [5.41, 5.74) is 3.13. The number of nitrogens with one attached hydrogen (secondary N) is 1. The Morgan fingerprint density at radius 2 is 1.65 bits per heavy atom. The van der Waals surface area contributed by atoms with Crippen molar-refractivity contribution in [2.24, 2.45) is 0 Å². The van der Waals surface area contributed by atoms with E-state index in [-0.39, 0.29) is 11.3 Å².